The van der Waals surface area contributed by atoms with Crippen LogP contribution in [0.2, 0.25) is 0 Å². The third-order valence-corrected chi connectivity index (χ3v) is 2.75. The zero-order chi connectivity index (χ0) is 11.5. The van der Waals surface area contributed by atoms with Crippen molar-refractivity contribution in [3.8, 4) is 0 Å². The molecule has 0 saturated heterocycles. The van der Waals surface area contributed by atoms with Gasteiger partial charge >= 0.3 is 0 Å². The minimum absolute atomic E-state index is 0.220. The molecule has 0 atom stereocenters. The Morgan fingerprint density at radius 2 is 2.13 bits per heavy atom. The molecule has 6 heteroatoms. The van der Waals surface area contributed by atoms with Gasteiger partial charge in [0.05, 0.1) is 10.6 Å². The van der Waals surface area contributed by atoms with Gasteiger partial charge in [-0.05, 0) is 24.6 Å². The van der Waals surface area contributed by atoms with E-state index in [1.54, 1.807) is 0 Å². The lowest BCUT2D eigenvalue weighted by molar-refractivity contribution is 0.593. The lowest BCUT2D eigenvalue weighted by Gasteiger charge is -2.06. The van der Waals surface area contributed by atoms with E-state index in [1.807, 2.05) is 6.92 Å². The molecule has 1 aromatic rings. The van der Waals surface area contributed by atoms with Crippen molar-refractivity contribution in [3.63, 3.8) is 0 Å². The van der Waals surface area contributed by atoms with Crippen LogP contribution < -0.4 is 10.5 Å². The van der Waals surface area contributed by atoms with Gasteiger partial charge in [-0.15, -0.1) is 0 Å². The molecule has 0 aliphatic carbocycles. The Hall–Kier alpha value is -1.14. The zero-order valence-corrected chi connectivity index (χ0v) is 9.14. The number of anilines is 1. The lowest BCUT2D eigenvalue weighted by atomic mass is 10.3. The van der Waals surface area contributed by atoms with E-state index in [0.29, 0.717) is 6.54 Å². The van der Waals surface area contributed by atoms with E-state index in [4.69, 9.17) is 5.14 Å². The van der Waals surface area contributed by atoms with Crippen molar-refractivity contribution in [1.82, 2.24) is 0 Å². The van der Waals surface area contributed by atoms with E-state index in [1.165, 1.54) is 12.1 Å². The fourth-order valence-corrected chi connectivity index (χ4v) is 1.60. The first-order valence-corrected chi connectivity index (χ1v) is 6.06. The molecule has 0 fully saturated rings. The summed E-state index contributed by atoms with van der Waals surface area (Å²) in [5.41, 5.74) is 0.282. The van der Waals surface area contributed by atoms with Crippen LogP contribution >= 0.6 is 0 Å². The van der Waals surface area contributed by atoms with Crippen LogP contribution in [0.15, 0.2) is 23.1 Å². The average Bonchev–Trinajstić information content (AvgIpc) is 2.14. The first kappa shape index (κ1) is 11.9. The molecule has 0 aliphatic rings. The molecular weight excluding hydrogens is 219 g/mol. The molecule has 0 saturated carbocycles. The number of hydrogen-bond donors (Lipinski definition) is 2. The summed E-state index contributed by atoms with van der Waals surface area (Å²) in [6, 6.07) is 3.55. The molecule has 0 amide bonds. The second kappa shape index (κ2) is 4.59. The Balaban J connectivity index is 2.99. The van der Waals surface area contributed by atoms with Crippen LogP contribution in [0.5, 0.6) is 0 Å². The molecule has 3 N–H and O–H groups in total. The van der Waals surface area contributed by atoms with Gasteiger partial charge in [-0.3, -0.25) is 0 Å². The summed E-state index contributed by atoms with van der Waals surface area (Å²) in [5.74, 6) is -0.616. The molecule has 84 valence electrons. The SMILES string of the molecule is CCCNc1ccc(S(N)(=O)=O)cc1F. The molecule has 0 spiro atoms. The third kappa shape index (κ3) is 3.17. The molecule has 4 nitrogen and oxygen atoms in total. The van der Waals surface area contributed by atoms with Gasteiger partial charge in [-0.1, -0.05) is 6.92 Å². The fourth-order valence-electron chi connectivity index (χ4n) is 1.08. The van der Waals surface area contributed by atoms with E-state index in [2.05, 4.69) is 5.32 Å². The summed E-state index contributed by atoms with van der Waals surface area (Å²) in [6.45, 7) is 2.58. The fraction of sp³-hybridized carbons (Fsp3) is 0.333. The maximum absolute atomic E-state index is 13.3. The molecule has 0 radical (unpaired) electrons. The first-order valence-electron chi connectivity index (χ1n) is 4.51. The van der Waals surface area contributed by atoms with Gasteiger partial charge in [-0.25, -0.2) is 17.9 Å². The highest BCUT2D eigenvalue weighted by Gasteiger charge is 2.10. The number of hydrogen-bond acceptors (Lipinski definition) is 3. The lowest BCUT2D eigenvalue weighted by Crippen LogP contribution is -2.13. The number of nitrogens with one attached hydrogen (secondary N) is 1. The number of nitrogens with two attached hydrogens (primary N) is 1. The molecular formula is C9H13FN2O2S. The summed E-state index contributed by atoms with van der Waals surface area (Å²) in [6.07, 6.45) is 0.858. The minimum Gasteiger partial charge on any atom is -0.383 e. The summed E-state index contributed by atoms with van der Waals surface area (Å²) < 4.78 is 35.1. The zero-order valence-electron chi connectivity index (χ0n) is 8.33. The Kier molecular flexibility index (Phi) is 3.65. The van der Waals surface area contributed by atoms with Gasteiger partial charge < -0.3 is 5.32 Å². The van der Waals surface area contributed by atoms with Gasteiger partial charge in [-0.2, -0.15) is 0 Å². The van der Waals surface area contributed by atoms with Crippen LogP contribution in [-0.4, -0.2) is 15.0 Å². The predicted octanol–water partition coefficient (Wildman–Crippen LogP) is 1.29. The predicted molar refractivity (Wildman–Crippen MR) is 56.6 cm³/mol. The van der Waals surface area contributed by atoms with E-state index < -0.39 is 15.8 Å². The van der Waals surface area contributed by atoms with Gasteiger partial charge in [0.25, 0.3) is 0 Å². The number of halogens is 1. The number of rotatable bonds is 4. The maximum atomic E-state index is 13.3. The summed E-state index contributed by atoms with van der Waals surface area (Å²) >= 11 is 0. The van der Waals surface area contributed by atoms with E-state index in [9.17, 15) is 12.8 Å². The molecule has 0 aromatic heterocycles. The largest absolute Gasteiger partial charge is 0.383 e. The summed E-state index contributed by atoms with van der Waals surface area (Å²) in [4.78, 5) is -0.220. The Morgan fingerprint density at radius 1 is 1.47 bits per heavy atom. The standard InChI is InChI=1S/C9H13FN2O2S/c1-2-5-12-9-4-3-7(6-8(9)10)15(11,13)14/h3-4,6,12H,2,5H2,1H3,(H2,11,13,14). The Labute approximate surface area is 88.3 Å². The van der Waals surface area contributed by atoms with Crippen molar-refractivity contribution in [2.75, 3.05) is 11.9 Å². The maximum Gasteiger partial charge on any atom is 0.238 e. The summed E-state index contributed by atoms with van der Waals surface area (Å²) in [7, 11) is -3.83. The number of primary sulfonamides is 1. The average molecular weight is 232 g/mol. The van der Waals surface area contributed by atoms with Gasteiger partial charge in [0, 0.05) is 6.54 Å². The van der Waals surface area contributed by atoms with E-state index in [0.717, 1.165) is 12.5 Å². The molecule has 0 bridgehead atoms. The van der Waals surface area contributed by atoms with E-state index in [-0.39, 0.29) is 10.6 Å². The highest BCUT2D eigenvalue weighted by atomic mass is 32.2. The smallest absolute Gasteiger partial charge is 0.238 e. The van der Waals surface area contributed by atoms with Gasteiger partial charge in [0.15, 0.2) is 0 Å². The molecule has 1 rings (SSSR count). The van der Waals surface area contributed by atoms with Crippen molar-refractivity contribution in [2.45, 2.75) is 18.2 Å². The molecule has 0 unspecified atom stereocenters. The molecule has 15 heavy (non-hydrogen) atoms. The topological polar surface area (TPSA) is 72.2 Å². The highest BCUT2D eigenvalue weighted by Crippen LogP contribution is 2.17. The third-order valence-electron chi connectivity index (χ3n) is 1.83. The number of sulfonamides is 1. The minimum atomic E-state index is -3.83. The first-order chi connectivity index (χ1) is 6.95. The second-order valence-electron chi connectivity index (χ2n) is 3.11. The van der Waals surface area contributed by atoms with Crippen molar-refractivity contribution >= 4 is 15.7 Å². The van der Waals surface area contributed by atoms with Crippen LogP contribution in [0.3, 0.4) is 0 Å². The van der Waals surface area contributed by atoms with Crippen molar-refractivity contribution in [2.24, 2.45) is 5.14 Å². The van der Waals surface area contributed by atoms with Gasteiger partial charge in [0.2, 0.25) is 10.0 Å². The van der Waals surface area contributed by atoms with Crippen molar-refractivity contribution in [1.29, 1.82) is 0 Å². The Morgan fingerprint density at radius 3 is 2.60 bits per heavy atom. The molecule has 0 aliphatic heterocycles. The van der Waals surface area contributed by atoms with Gasteiger partial charge in [0.1, 0.15) is 5.82 Å². The highest BCUT2D eigenvalue weighted by molar-refractivity contribution is 7.89. The normalized spacial score (nSPS) is 11.4. The Bertz CT molecular complexity index is 445. The van der Waals surface area contributed by atoms with Crippen molar-refractivity contribution in [3.05, 3.63) is 24.0 Å². The van der Waals surface area contributed by atoms with E-state index >= 15 is 0 Å². The van der Waals surface area contributed by atoms with Crippen LogP contribution in [0.4, 0.5) is 10.1 Å². The summed E-state index contributed by atoms with van der Waals surface area (Å²) in [5, 5.41) is 7.69. The molecule has 1 aromatic carbocycles. The second-order valence-corrected chi connectivity index (χ2v) is 4.67. The van der Waals surface area contributed by atoms with Crippen LogP contribution in [0.25, 0.3) is 0 Å². The van der Waals surface area contributed by atoms with Crippen LogP contribution in [0, 0.1) is 5.82 Å². The van der Waals surface area contributed by atoms with Crippen LogP contribution in [0.1, 0.15) is 13.3 Å². The number of benzene rings is 1. The van der Waals surface area contributed by atoms with Crippen molar-refractivity contribution < 1.29 is 12.8 Å². The quantitative estimate of drug-likeness (QED) is 0.821. The van der Waals surface area contributed by atoms with Crippen LogP contribution in [-0.2, 0) is 10.0 Å². The molecule has 0 heterocycles. The monoisotopic (exact) mass is 232 g/mol.